The quantitative estimate of drug-likeness (QED) is 0.643. The number of hydrogen-bond donors (Lipinski definition) is 3. The second-order valence-electron chi connectivity index (χ2n) is 6.92. The van der Waals surface area contributed by atoms with E-state index in [0.717, 1.165) is 0 Å². The van der Waals surface area contributed by atoms with Gasteiger partial charge in [-0.25, -0.2) is 0 Å². The first kappa shape index (κ1) is 19.9. The highest BCUT2D eigenvalue weighted by Gasteiger charge is 2.33. The molecule has 29 heavy (non-hydrogen) atoms. The largest absolute Gasteiger partial charge is 0.481 e. The molecule has 0 spiro atoms. The van der Waals surface area contributed by atoms with Gasteiger partial charge >= 0.3 is 5.97 Å². The number of nitriles is 1. The Kier molecular flexibility index (Phi) is 5.50. The molecule has 0 aromatic heterocycles. The Morgan fingerprint density at radius 2 is 2.03 bits per heavy atom. The number of carboxylic acid groups (broad SMARTS) is 1. The van der Waals surface area contributed by atoms with Gasteiger partial charge in [0.15, 0.2) is 11.6 Å². The molecule has 1 unspecified atom stereocenters. The lowest BCUT2D eigenvalue weighted by Crippen LogP contribution is -2.36. The zero-order valence-corrected chi connectivity index (χ0v) is 15.8. The summed E-state index contributed by atoms with van der Waals surface area (Å²) in [7, 11) is 1.68. The van der Waals surface area contributed by atoms with Crippen molar-refractivity contribution in [2.45, 2.75) is 19.3 Å². The number of aliphatic carboxylic acids is 1. The molecule has 0 saturated heterocycles. The van der Waals surface area contributed by atoms with E-state index in [9.17, 15) is 14.4 Å². The minimum atomic E-state index is -0.958. The van der Waals surface area contributed by atoms with Gasteiger partial charge in [-0.05, 0) is 42.8 Å². The number of carboxylic acids is 1. The van der Waals surface area contributed by atoms with Crippen molar-refractivity contribution in [2.24, 2.45) is 11.7 Å². The van der Waals surface area contributed by atoms with Crippen LogP contribution in [0.4, 0.5) is 0 Å². The molecule has 1 aliphatic carbocycles. The predicted octanol–water partition coefficient (Wildman–Crippen LogP) is 1.63. The van der Waals surface area contributed by atoms with Crippen LogP contribution in [0.15, 0.2) is 59.1 Å². The number of ketones is 2. The molecule has 8 heteroatoms. The van der Waals surface area contributed by atoms with E-state index in [1.54, 1.807) is 48.5 Å². The molecule has 1 atom stereocenters. The normalized spacial score (nSPS) is 18.7. The van der Waals surface area contributed by atoms with Crippen LogP contribution in [0, 0.1) is 17.2 Å². The molecule has 0 radical (unpaired) electrons. The van der Waals surface area contributed by atoms with Crippen LogP contribution in [0.2, 0.25) is 0 Å². The highest BCUT2D eigenvalue weighted by atomic mass is 16.4. The van der Waals surface area contributed by atoms with E-state index in [0.29, 0.717) is 33.8 Å². The second kappa shape index (κ2) is 8.02. The van der Waals surface area contributed by atoms with Gasteiger partial charge < -0.3 is 10.8 Å². The molecular formula is C21H20N4O4. The van der Waals surface area contributed by atoms with Crippen molar-refractivity contribution in [2.75, 3.05) is 7.05 Å². The van der Waals surface area contributed by atoms with E-state index in [-0.39, 0.29) is 30.8 Å². The third kappa shape index (κ3) is 4.19. The summed E-state index contributed by atoms with van der Waals surface area (Å²) in [5.74, 6) is -1.66. The fourth-order valence-corrected chi connectivity index (χ4v) is 3.50. The van der Waals surface area contributed by atoms with Crippen molar-refractivity contribution in [3.05, 3.63) is 70.2 Å². The third-order valence-corrected chi connectivity index (χ3v) is 4.89. The number of nitrogens with one attached hydrogen (secondary N) is 1. The summed E-state index contributed by atoms with van der Waals surface area (Å²) in [4.78, 5) is 36.9. The van der Waals surface area contributed by atoms with E-state index < -0.39 is 11.9 Å². The van der Waals surface area contributed by atoms with Crippen LogP contribution in [0.25, 0.3) is 0 Å². The first-order valence-corrected chi connectivity index (χ1v) is 9.02. The highest BCUT2D eigenvalue weighted by molar-refractivity contribution is 6.15. The van der Waals surface area contributed by atoms with Crippen LogP contribution in [-0.2, 0) is 9.59 Å². The van der Waals surface area contributed by atoms with Crippen LogP contribution in [-0.4, -0.2) is 34.7 Å². The smallest absolute Gasteiger partial charge is 0.303 e. The standard InChI is InChI=1S/C21H20N4O4/c1-25-16-8-15(21(29)13-4-2-12(11-22)3-5-13)9-17(26)20(16)14(6-7-19(27)28)10-18(23)24-25/h2-5,8,10,14,24H,6-7,9,23H2,1H3,(H,27,28). The van der Waals surface area contributed by atoms with Crippen molar-refractivity contribution in [1.29, 1.82) is 5.26 Å². The van der Waals surface area contributed by atoms with E-state index >= 15 is 0 Å². The number of benzene rings is 1. The van der Waals surface area contributed by atoms with Crippen LogP contribution in [0.5, 0.6) is 0 Å². The van der Waals surface area contributed by atoms with Crippen molar-refractivity contribution in [3.8, 4) is 6.07 Å². The van der Waals surface area contributed by atoms with Crippen LogP contribution < -0.4 is 11.2 Å². The number of Topliss-reactive ketones (excluding diaryl/α,β-unsaturated/α-hetero) is 2. The molecular weight excluding hydrogens is 372 g/mol. The Morgan fingerprint density at radius 3 is 2.66 bits per heavy atom. The van der Waals surface area contributed by atoms with E-state index in [4.69, 9.17) is 16.1 Å². The highest BCUT2D eigenvalue weighted by Crippen LogP contribution is 2.34. The van der Waals surface area contributed by atoms with Crippen molar-refractivity contribution >= 4 is 17.5 Å². The number of allylic oxidation sites excluding steroid dienone is 4. The number of likely N-dealkylation sites (N-methyl/N-ethyl adjacent to an activating group) is 1. The maximum atomic E-state index is 13.0. The number of hydrazine groups is 1. The zero-order valence-electron chi connectivity index (χ0n) is 15.8. The first-order chi connectivity index (χ1) is 13.8. The van der Waals surface area contributed by atoms with Crippen molar-refractivity contribution < 1.29 is 19.5 Å². The first-order valence-electron chi connectivity index (χ1n) is 9.02. The number of hydrogen-bond acceptors (Lipinski definition) is 7. The lowest BCUT2D eigenvalue weighted by molar-refractivity contribution is -0.137. The van der Waals surface area contributed by atoms with Crippen molar-refractivity contribution in [3.63, 3.8) is 0 Å². The SMILES string of the molecule is CN1NC(N)=CC(CCC(=O)O)C2=C1C=C(C(=O)c1ccc(C#N)cc1)CC2=O. The number of carbonyl (C=O) groups is 3. The Balaban J connectivity index is 1.99. The van der Waals surface area contributed by atoms with Gasteiger partial charge in [-0.2, -0.15) is 5.26 Å². The molecule has 2 aliphatic rings. The molecule has 148 valence electrons. The summed E-state index contributed by atoms with van der Waals surface area (Å²) >= 11 is 0. The van der Waals surface area contributed by atoms with E-state index in [2.05, 4.69) is 5.43 Å². The van der Waals surface area contributed by atoms with Gasteiger partial charge in [-0.15, -0.1) is 0 Å². The zero-order chi connectivity index (χ0) is 21.1. The van der Waals surface area contributed by atoms with Crippen molar-refractivity contribution in [1.82, 2.24) is 10.4 Å². The summed E-state index contributed by atoms with van der Waals surface area (Å²) in [6.07, 6.45) is 3.32. The van der Waals surface area contributed by atoms with Gasteiger partial charge in [-0.1, -0.05) is 0 Å². The maximum absolute atomic E-state index is 13.0. The lowest BCUT2D eigenvalue weighted by atomic mass is 9.82. The summed E-state index contributed by atoms with van der Waals surface area (Å²) < 4.78 is 0. The van der Waals surface area contributed by atoms with Gasteiger partial charge in [0.1, 0.15) is 5.82 Å². The molecule has 1 aromatic carbocycles. The fraction of sp³-hybridized carbons (Fsp3) is 0.238. The molecule has 1 aromatic rings. The average molecular weight is 392 g/mol. The third-order valence-electron chi connectivity index (χ3n) is 4.89. The maximum Gasteiger partial charge on any atom is 0.303 e. The Bertz CT molecular complexity index is 1010. The van der Waals surface area contributed by atoms with Crippen LogP contribution in [0.3, 0.4) is 0 Å². The minimum Gasteiger partial charge on any atom is -0.481 e. The fourth-order valence-electron chi connectivity index (χ4n) is 3.50. The van der Waals surface area contributed by atoms with Gasteiger partial charge in [0.25, 0.3) is 0 Å². The summed E-state index contributed by atoms with van der Waals surface area (Å²) in [6, 6.07) is 8.21. The summed E-state index contributed by atoms with van der Waals surface area (Å²) in [5, 5.41) is 19.5. The average Bonchev–Trinajstić information content (AvgIpc) is 2.81. The predicted molar refractivity (Wildman–Crippen MR) is 104 cm³/mol. The molecule has 0 saturated carbocycles. The summed E-state index contributed by atoms with van der Waals surface area (Å²) in [5.41, 5.74) is 10.9. The Labute approximate surface area is 167 Å². The molecule has 0 bridgehead atoms. The Hall–Kier alpha value is -3.86. The molecule has 0 amide bonds. The van der Waals surface area contributed by atoms with E-state index in [1.165, 1.54) is 0 Å². The van der Waals surface area contributed by atoms with Crippen LogP contribution in [0.1, 0.15) is 35.2 Å². The van der Waals surface area contributed by atoms with Gasteiger partial charge in [-0.3, -0.25) is 24.8 Å². The number of nitrogens with zero attached hydrogens (tertiary/aromatic N) is 2. The second-order valence-corrected chi connectivity index (χ2v) is 6.92. The molecule has 0 fully saturated rings. The van der Waals surface area contributed by atoms with E-state index in [1.807, 2.05) is 6.07 Å². The Morgan fingerprint density at radius 1 is 1.34 bits per heavy atom. The molecule has 1 heterocycles. The molecule has 8 nitrogen and oxygen atoms in total. The van der Waals surface area contributed by atoms with Gasteiger partial charge in [0.2, 0.25) is 0 Å². The summed E-state index contributed by atoms with van der Waals surface area (Å²) in [6.45, 7) is 0. The monoisotopic (exact) mass is 392 g/mol. The molecule has 1 aliphatic heterocycles. The number of nitrogens with two attached hydrogens (primary N) is 1. The molecule has 4 N–H and O–H groups in total. The topological polar surface area (TPSA) is 137 Å². The van der Waals surface area contributed by atoms with Crippen LogP contribution >= 0.6 is 0 Å². The minimum absolute atomic E-state index is 0.0805. The van der Waals surface area contributed by atoms with Gasteiger partial charge in [0.05, 0.1) is 17.3 Å². The molecule has 3 rings (SSSR count). The number of carbonyl (C=O) groups excluding carboxylic acids is 2. The lowest BCUT2D eigenvalue weighted by Gasteiger charge is -2.27. The van der Waals surface area contributed by atoms with Gasteiger partial charge in [0, 0.05) is 42.5 Å². The number of rotatable bonds is 5.